The van der Waals surface area contributed by atoms with Crippen molar-refractivity contribution in [2.45, 2.75) is 13.0 Å². The second-order valence-electron chi connectivity index (χ2n) is 8.70. The maximum absolute atomic E-state index is 6.18. The molecule has 2 aromatic carbocycles. The van der Waals surface area contributed by atoms with E-state index < -0.39 is 0 Å². The number of nitrogens with one attached hydrogen (secondary N) is 2. The van der Waals surface area contributed by atoms with E-state index in [1.54, 1.807) is 0 Å². The molecule has 0 bridgehead atoms. The van der Waals surface area contributed by atoms with Crippen molar-refractivity contribution in [3.05, 3.63) is 62.6 Å². The minimum atomic E-state index is 0.677. The zero-order valence-corrected chi connectivity index (χ0v) is 21.3. The molecule has 2 heterocycles. The summed E-state index contributed by atoms with van der Waals surface area (Å²) in [6.07, 6.45) is 5.49. The van der Waals surface area contributed by atoms with Crippen LogP contribution in [0.5, 0.6) is 5.75 Å². The normalized spacial score (nSPS) is 19.4. The van der Waals surface area contributed by atoms with E-state index in [0.29, 0.717) is 6.61 Å². The molecular weight excluding hydrogens is 502 g/mol. The molecule has 1 atom stereocenters. The molecule has 0 radical (unpaired) electrons. The number of ether oxygens (including phenoxy) is 2. The van der Waals surface area contributed by atoms with Crippen molar-refractivity contribution in [2.75, 3.05) is 59.1 Å². The van der Waals surface area contributed by atoms with Crippen LogP contribution in [0.1, 0.15) is 23.1 Å². The monoisotopic (exact) mass is 533 g/mol. The molecular formula is C26H33BrClN3O2. The molecule has 2 saturated heterocycles. The van der Waals surface area contributed by atoms with Crippen LogP contribution in [0.25, 0.3) is 12.2 Å². The summed E-state index contributed by atoms with van der Waals surface area (Å²) in [4.78, 5) is 2.39. The van der Waals surface area contributed by atoms with Crippen molar-refractivity contribution < 1.29 is 9.47 Å². The van der Waals surface area contributed by atoms with Gasteiger partial charge in [-0.2, -0.15) is 0 Å². The highest BCUT2D eigenvalue weighted by Crippen LogP contribution is 2.25. The number of rotatable bonds is 10. The van der Waals surface area contributed by atoms with Crippen LogP contribution >= 0.6 is 27.5 Å². The van der Waals surface area contributed by atoms with Gasteiger partial charge in [-0.25, -0.2) is 0 Å². The van der Waals surface area contributed by atoms with Gasteiger partial charge in [-0.15, -0.1) is 0 Å². The minimum Gasteiger partial charge on any atom is -0.492 e. The Bertz CT molecular complexity index is 928. The molecule has 2 aliphatic rings. The van der Waals surface area contributed by atoms with Gasteiger partial charge in [0.1, 0.15) is 12.4 Å². The fourth-order valence-corrected chi connectivity index (χ4v) is 5.03. The Kier molecular flexibility index (Phi) is 9.65. The van der Waals surface area contributed by atoms with E-state index in [-0.39, 0.29) is 0 Å². The average molecular weight is 535 g/mol. The summed E-state index contributed by atoms with van der Waals surface area (Å²) in [7, 11) is 0. The lowest BCUT2D eigenvalue weighted by Crippen LogP contribution is -2.38. The fourth-order valence-electron chi connectivity index (χ4n) is 4.22. The maximum Gasteiger partial charge on any atom is 0.120 e. The molecule has 7 heteroatoms. The first-order valence-electron chi connectivity index (χ1n) is 11.8. The Morgan fingerprint density at radius 3 is 2.85 bits per heavy atom. The highest BCUT2D eigenvalue weighted by Gasteiger charge is 2.14. The number of nitrogens with zero attached hydrogens (tertiary/aromatic N) is 1. The Morgan fingerprint density at radius 2 is 2.06 bits per heavy atom. The van der Waals surface area contributed by atoms with Crippen molar-refractivity contribution >= 4 is 39.7 Å². The standard InChI is InChI=1S/C26H33BrClN3O2/c27-26-16-24(28)4-3-23(26)2-1-20-13-22(19-30-18-21-5-6-29-17-21)15-25(14-20)33-12-9-31-7-10-32-11-8-31/h1-4,13-16,21,29-30H,5-12,17-19H2/b2-1-. The highest BCUT2D eigenvalue weighted by molar-refractivity contribution is 9.10. The second kappa shape index (κ2) is 12.9. The molecule has 2 N–H and O–H groups in total. The SMILES string of the molecule is Clc1ccc(/C=C\c2cc(CNCC3CCNC3)cc(OCCN3CCOCC3)c2)c(Br)c1. The molecule has 33 heavy (non-hydrogen) atoms. The first-order valence-corrected chi connectivity index (χ1v) is 12.9. The summed E-state index contributed by atoms with van der Waals surface area (Å²) in [5.74, 6) is 1.64. The number of hydrogen-bond donors (Lipinski definition) is 2. The predicted octanol–water partition coefficient (Wildman–Crippen LogP) is 4.68. The van der Waals surface area contributed by atoms with E-state index in [1.165, 1.54) is 12.0 Å². The summed E-state index contributed by atoms with van der Waals surface area (Å²) in [5, 5.41) is 7.79. The van der Waals surface area contributed by atoms with Crippen LogP contribution in [0.3, 0.4) is 0 Å². The summed E-state index contributed by atoms with van der Waals surface area (Å²) in [6.45, 7) is 9.30. The summed E-state index contributed by atoms with van der Waals surface area (Å²) in [6, 6.07) is 12.3. The summed E-state index contributed by atoms with van der Waals surface area (Å²) < 4.78 is 12.6. The Hall–Kier alpha value is -1.41. The first kappa shape index (κ1) is 24.7. The van der Waals surface area contributed by atoms with Gasteiger partial charge in [0.15, 0.2) is 0 Å². The lowest BCUT2D eigenvalue weighted by atomic mass is 10.1. The van der Waals surface area contributed by atoms with Gasteiger partial charge in [0.05, 0.1) is 13.2 Å². The van der Waals surface area contributed by atoms with Crippen LogP contribution in [0.4, 0.5) is 0 Å². The van der Waals surface area contributed by atoms with Crippen molar-refractivity contribution in [3.8, 4) is 5.75 Å². The third kappa shape index (κ3) is 8.09. The van der Waals surface area contributed by atoms with Crippen LogP contribution in [-0.2, 0) is 11.3 Å². The Labute approximate surface area is 210 Å². The molecule has 0 aliphatic carbocycles. The first-order chi connectivity index (χ1) is 16.2. The zero-order chi connectivity index (χ0) is 22.9. The van der Waals surface area contributed by atoms with Gasteiger partial charge in [0.25, 0.3) is 0 Å². The third-order valence-electron chi connectivity index (χ3n) is 6.11. The predicted molar refractivity (Wildman–Crippen MR) is 140 cm³/mol. The number of hydrogen-bond acceptors (Lipinski definition) is 5. The lowest BCUT2D eigenvalue weighted by molar-refractivity contribution is 0.0322. The smallest absolute Gasteiger partial charge is 0.120 e. The molecule has 2 aromatic rings. The van der Waals surface area contributed by atoms with Gasteiger partial charge < -0.3 is 20.1 Å². The van der Waals surface area contributed by atoms with Crippen LogP contribution in [-0.4, -0.2) is 64.0 Å². The maximum atomic E-state index is 6.18. The van der Waals surface area contributed by atoms with E-state index in [4.69, 9.17) is 21.1 Å². The molecule has 178 valence electrons. The van der Waals surface area contributed by atoms with Crippen LogP contribution in [0.15, 0.2) is 40.9 Å². The molecule has 0 aromatic heterocycles. The molecule has 2 aliphatic heterocycles. The topological polar surface area (TPSA) is 45.8 Å². The van der Waals surface area contributed by atoms with Gasteiger partial charge in [-0.1, -0.05) is 51.8 Å². The molecule has 0 amide bonds. The van der Waals surface area contributed by atoms with Crippen LogP contribution in [0, 0.1) is 5.92 Å². The van der Waals surface area contributed by atoms with Gasteiger partial charge in [0, 0.05) is 35.7 Å². The van der Waals surface area contributed by atoms with Crippen molar-refractivity contribution in [2.24, 2.45) is 5.92 Å². The van der Waals surface area contributed by atoms with Crippen molar-refractivity contribution in [1.82, 2.24) is 15.5 Å². The van der Waals surface area contributed by atoms with E-state index in [9.17, 15) is 0 Å². The van der Waals surface area contributed by atoms with E-state index in [1.807, 2.05) is 18.2 Å². The molecule has 2 fully saturated rings. The minimum absolute atomic E-state index is 0.677. The molecule has 0 spiro atoms. The van der Waals surface area contributed by atoms with E-state index in [2.05, 4.69) is 61.8 Å². The number of benzene rings is 2. The van der Waals surface area contributed by atoms with Gasteiger partial charge in [-0.05, 0) is 72.9 Å². The fraction of sp³-hybridized carbons (Fsp3) is 0.462. The zero-order valence-electron chi connectivity index (χ0n) is 19.0. The number of halogens is 2. The Balaban J connectivity index is 1.42. The van der Waals surface area contributed by atoms with Gasteiger partial charge in [-0.3, -0.25) is 4.90 Å². The van der Waals surface area contributed by atoms with Crippen molar-refractivity contribution in [3.63, 3.8) is 0 Å². The lowest BCUT2D eigenvalue weighted by Gasteiger charge is -2.26. The quantitative estimate of drug-likeness (QED) is 0.433. The largest absolute Gasteiger partial charge is 0.492 e. The van der Waals surface area contributed by atoms with Crippen LogP contribution in [0.2, 0.25) is 5.02 Å². The van der Waals surface area contributed by atoms with Crippen molar-refractivity contribution in [1.29, 1.82) is 0 Å². The van der Waals surface area contributed by atoms with E-state index >= 15 is 0 Å². The van der Waals surface area contributed by atoms with Gasteiger partial charge >= 0.3 is 0 Å². The number of morpholine rings is 1. The molecule has 5 nitrogen and oxygen atoms in total. The van der Waals surface area contributed by atoms with Crippen LogP contribution < -0.4 is 15.4 Å². The summed E-state index contributed by atoms with van der Waals surface area (Å²) in [5.41, 5.74) is 3.45. The summed E-state index contributed by atoms with van der Waals surface area (Å²) >= 11 is 9.68. The average Bonchev–Trinajstić information content (AvgIpc) is 3.33. The highest BCUT2D eigenvalue weighted by atomic mass is 79.9. The molecule has 4 rings (SSSR count). The molecule has 1 unspecified atom stereocenters. The molecule has 0 saturated carbocycles. The van der Waals surface area contributed by atoms with E-state index in [0.717, 1.165) is 91.3 Å². The van der Waals surface area contributed by atoms with Gasteiger partial charge in [0.2, 0.25) is 0 Å². The second-order valence-corrected chi connectivity index (χ2v) is 9.99. The Morgan fingerprint density at radius 1 is 1.18 bits per heavy atom. The third-order valence-corrected chi connectivity index (χ3v) is 7.03.